The largest absolute Gasteiger partial charge is 0.456 e. The lowest BCUT2D eigenvalue weighted by Gasteiger charge is -2.13. The predicted molar refractivity (Wildman–Crippen MR) is 110 cm³/mol. The Hall–Kier alpha value is -2.61. The third-order valence-corrected chi connectivity index (χ3v) is 5.56. The van der Waals surface area contributed by atoms with Gasteiger partial charge >= 0.3 is 0 Å². The van der Waals surface area contributed by atoms with Crippen LogP contribution in [0.5, 0.6) is 11.5 Å². The van der Waals surface area contributed by atoms with E-state index >= 15 is 0 Å². The molecule has 0 atom stereocenters. The molecule has 0 saturated heterocycles. The van der Waals surface area contributed by atoms with Crippen molar-refractivity contribution < 1.29 is 22.3 Å². The number of amides is 1. The Labute approximate surface area is 176 Å². The first kappa shape index (κ1) is 21.1. The standard InChI is InChI=1S/C20H14Cl2FNO4S/c1-29(26,27)14-5-2-4-12(10-14)24-20(25)19-15(21)6-3-7-18(19)28-13-8-9-17(23)16(22)11-13/h2-11H,1H3,(H,24,25). The first-order chi connectivity index (χ1) is 13.6. The maximum absolute atomic E-state index is 13.4. The van der Waals surface area contributed by atoms with Gasteiger partial charge in [-0.1, -0.05) is 35.3 Å². The van der Waals surface area contributed by atoms with Crippen molar-refractivity contribution in [3.05, 3.63) is 82.1 Å². The molecule has 1 amide bonds. The van der Waals surface area contributed by atoms with Gasteiger partial charge in [0, 0.05) is 18.0 Å². The van der Waals surface area contributed by atoms with Crippen molar-refractivity contribution in [1.82, 2.24) is 0 Å². The van der Waals surface area contributed by atoms with Gasteiger partial charge in [0.2, 0.25) is 0 Å². The Morgan fingerprint density at radius 2 is 1.72 bits per heavy atom. The quantitative estimate of drug-likeness (QED) is 0.546. The molecule has 3 aromatic rings. The second-order valence-electron chi connectivity index (χ2n) is 6.05. The molecule has 29 heavy (non-hydrogen) atoms. The summed E-state index contributed by atoms with van der Waals surface area (Å²) in [5, 5.41) is 2.59. The van der Waals surface area contributed by atoms with E-state index in [-0.39, 0.29) is 37.7 Å². The summed E-state index contributed by atoms with van der Waals surface area (Å²) in [6.07, 6.45) is 1.07. The number of carbonyl (C=O) groups excluding carboxylic acids is 1. The lowest BCUT2D eigenvalue weighted by molar-refractivity contribution is 0.102. The van der Waals surface area contributed by atoms with E-state index in [9.17, 15) is 17.6 Å². The molecule has 0 aliphatic heterocycles. The van der Waals surface area contributed by atoms with Crippen LogP contribution in [-0.2, 0) is 9.84 Å². The molecule has 0 unspecified atom stereocenters. The van der Waals surface area contributed by atoms with Crippen molar-refractivity contribution in [3.63, 3.8) is 0 Å². The number of ether oxygens (including phenoxy) is 1. The van der Waals surface area contributed by atoms with E-state index in [1.807, 2.05) is 0 Å². The van der Waals surface area contributed by atoms with E-state index < -0.39 is 21.6 Å². The molecule has 150 valence electrons. The van der Waals surface area contributed by atoms with Crippen LogP contribution in [0.1, 0.15) is 10.4 Å². The maximum atomic E-state index is 13.4. The van der Waals surface area contributed by atoms with Gasteiger partial charge in [-0.15, -0.1) is 0 Å². The molecule has 0 aliphatic carbocycles. The van der Waals surface area contributed by atoms with Crippen LogP contribution in [0.3, 0.4) is 0 Å². The van der Waals surface area contributed by atoms with Gasteiger partial charge in [-0.05, 0) is 42.5 Å². The van der Waals surface area contributed by atoms with E-state index in [1.165, 1.54) is 42.5 Å². The summed E-state index contributed by atoms with van der Waals surface area (Å²) in [5.41, 5.74) is 0.299. The minimum Gasteiger partial charge on any atom is -0.456 e. The summed E-state index contributed by atoms with van der Waals surface area (Å²) in [5.74, 6) is -0.873. The summed E-state index contributed by atoms with van der Waals surface area (Å²) >= 11 is 12.0. The van der Waals surface area contributed by atoms with E-state index in [0.717, 1.165) is 12.3 Å². The maximum Gasteiger partial charge on any atom is 0.260 e. The highest BCUT2D eigenvalue weighted by Crippen LogP contribution is 2.33. The molecule has 0 aliphatic rings. The number of hydrogen-bond donors (Lipinski definition) is 1. The number of nitrogens with one attached hydrogen (secondary N) is 1. The van der Waals surface area contributed by atoms with Crippen LogP contribution in [0.4, 0.5) is 10.1 Å². The van der Waals surface area contributed by atoms with Crippen molar-refractivity contribution in [1.29, 1.82) is 0 Å². The second kappa shape index (κ2) is 8.41. The average molecular weight is 454 g/mol. The second-order valence-corrected chi connectivity index (χ2v) is 8.88. The van der Waals surface area contributed by atoms with E-state index in [2.05, 4.69) is 5.32 Å². The molecule has 0 bridgehead atoms. The molecule has 0 aromatic heterocycles. The number of anilines is 1. The lowest BCUT2D eigenvalue weighted by Crippen LogP contribution is -2.14. The van der Waals surface area contributed by atoms with Crippen molar-refractivity contribution >= 4 is 44.6 Å². The number of sulfone groups is 1. The van der Waals surface area contributed by atoms with Gasteiger partial charge in [-0.25, -0.2) is 12.8 Å². The summed E-state index contributed by atoms with van der Waals surface area (Å²) in [6.45, 7) is 0. The molecule has 0 heterocycles. The fourth-order valence-corrected chi connectivity index (χ4v) is 3.56. The van der Waals surface area contributed by atoms with Crippen LogP contribution in [0, 0.1) is 5.82 Å². The minimum absolute atomic E-state index is 0.0272. The predicted octanol–water partition coefficient (Wildman–Crippen LogP) is 5.58. The summed E-state index contributed by atoms with van der Waals surface area (Å²) in [4.78, 5) is 12.9. The number of carbonyl (C=O) groups is 1. The molecule has 1 N–H and O–H groups in total. The molecule has 3 aromatic carbocycles. The first-order valence-corrected chi connectivity index (χ1v) is 10.8. The fourth-order valence-electron chi connectivity index (χ4n) is 2.48. The van der Waals surface area contributed by atoms with E-state index in [0.29, 0.717) is 0 Å². The Morgan fingerprint density at radius 1 is 1.00 bits per heavy atom. The van der Waals surface area contributed by atoms with Crippen LogP contribution in [0.15, 0.2) is 65.6 Å². The normalized spacial score (nSPS) is 11.2. The number of hydrogen-bond acceptors (Lipinski definition) is 4. The van der Waals surface area contributed by atoms with Gasteiger partial charge in [0.05, 0.1) is 14.9 Å². The van der Waals surface area contributed by atoms with Crippen LogP contribution >= 0.6 is 23.2 Å². The fraction of sp³-hybridized carbons (Fsp3) is 0.0500. The summed E-state index contributed by atoms with van der Waals surface area (Å²) in [6, 6.07) is 14.2. The molecule has 9 heteroatoms. The highest BCUT2D eigenvalue weighted by Gasteiger charge is 2.19. The lowest BCUT2D eigenvalue weighted by atomic mass is 10.1. The smallest absolute Gasteiger partial charge is 0.260 e. The highest BCUT2D eigenvalue weighted by molar-refractivity contribution is 7.90. The van der Waals surface area contributed by atoms with E-state index in [1.54, 1.807) is 12.1 Å². The zero-order valence-corrected chi connectivity index (χ0v) is 17.3. The highest BCUT2D eigenvalue weighted by atomic mass is 35.5. The Balaban J connectivity index is 1.92. The third-order valence-electron chi connectivity index (χ3n) is 3.84. The van der Waals surface area contributed by atoms with Crippen molar-refractivity contribution in [3.8, 4) is 11.5 Å². The molecular weight excluding hydrogens is 440 g/mol. The van der Waals surface area contributed by atoms with Crippen LogP contribution in [0.2, 0.25) is 10.0 Å². The van der Waals surface area contributed by atoms with Crippen LogP contribution < -0.4 is 10.1 Å². The number of halogens is 3. The summed E-state index contributed by atoms with van der Waals surface area (Å²) in [7, 11) is -3.44. The van der Waals surface area contributed by atoms with Crippen LogP contribution in [-0.4, -0.2) is 20.6 Å². The van der Waals surface area contributed by atoms with Gasteiger partial charge in [-0.2, -0.15) is 0 Å². The van der Waals surface area contributed by atoms with Gasteiger partial charge in [0.1, 0.15) is 22.9 Å². The molecule has 0 spiro atoms. The summed E-state index contributed by atoms with van der Waals surface area (Å²) < 4.78 is 42.4. The van der Waals surface area contributed by atoms with Crippen molar-refractivity contribution in [2.45, 2.75) is 4.90 Å². The third kappa shape index (κ3) is 5.06. The average Bonchev–Trinajstić information content (AvgIpc) is 2.64. The molecule has 0 saturated carbocycles. The topological polar surface area (TPSA) is 72.5 Å². The SMILES string of the molecule is CS(=O)(=O)c1cccc(NC(=O)c2c(Cl)cccc2Oc2ccc(F)c(Cl)c2)c1. The Kier molecular flexibility index (Phi) is 6.12. The van der Waals surface area contributed by atoms with Gasteiger partial charge in [0.25, 0.3) is 5.91 Å². The zero-order chi connectivity index (χ0) is 21.2. The Morgan fingerprint density at radius 3 is 2.41 bits per heavy atom. The minimum atomic E-state index is -3.44. The molecule has 0 radical (unpaired) electrons. The van der Waals surface area contributed by atoms with E-state index in [4.69, 9.17) is 27.9 Å². The molecular formula is C20H14Cl2FNO4S. The molecule has 5 nitrogen and oxygen atoms in total. The van der Waals surface area contributed by atoms with Gasteiger partial charge in [0.15, 0.2) is 9.84 Å². The number of benzene rings is 3. The van der Waals surface area contributed by atoms with Gasteiger partial charge < -0.3 is 10.1 Å². The Bertz CT molecular complexity index is 1200. The molecule has 3 rings (SSSR count). The zero-order valence-electron chi connectivity index (χ0n) is 14.9. The van der Waals surface area contributed by atoms with Crippen molar-refractivity contribution in [2.75, 3.05) is 11.6 Å². The van der Waals surface area contributed by atoms with Crippen LogP contribution in [0.25, 0.3) is 0 Å². The monoisotopic (exact) mass is 453 g/mol. The number of rotatable bonds is 5. The molecule has 0 fully saturated rings. The first-order valence-electron chi connectivity index (χ1n) is 8.18. The van der Waals surface area contributed by atoms with Crippen molar-refractivity contribution in [2.24, 2.45) is 0 Å². The van der Waals surface area contributed by atoms with Gasteiger partial charge in [-0.3, -0.25) is 4.79 Å².